The van der Waals surface area contributed by atoms with Crippen LogP contribution in [0.2, 0.25) is 0 Å². The van der Waals surface area contributed by atoms with Gasteiger partial charge in [-0.25, -0.2) is 4.39 Å². The molecule has 4 heteroatoms. The molecule has 0 amide bonds. The lowest BCUT2D eigenvalue weighted by Gasteiger charge is -2.40. The molecule has 0 aromatic heterocycles. The average Bonchev–Trinajstić information content (AvgIpc) is 3.15. The second-order valence-corrected chi connectivity index (χ2v) is 12.7. The van der Waals surface area contributed by atoms with Crippen LogP contribution in [0.3, 0.4) is 0 Å². The molecule has 1 atom stereocenters. The van der Waals surface area contributed by atoms with E-state index in [2.05, 4.69) is 99.9 Å². The van der Waals surface area contributed by atoms with Gasteiger partial charge in [0.15, 0.2) is 5.78 Å². The molecule has 0 saturated heterocycles. The van der Waals surface area contributed by atoms with E-state index in [9.17, 15) is 9.18 Å². The Morgan fingerprint density at radius 2 is 1.90 bits per heavy atom. The Labute approximate surface area is 239 Å². The molecule has 210 valence electrons. The van der Waals surface area contributed by atoms with E-state index in [1.807, 2.05) is 0 Å². The normalized spacial score (nSPS) is 21.6. The summed E-state index contributed by atoms with van der Waals surface area (Å²) in [5, 5.41) is 7.05. The minimum absolute atomic E-state index is 0.0383. The number of nitrogens with one attached hydrogen (secondary N) is 2. The van der Waals surface area contributed by atoms with Crippen molar-refractivity contribution in [2.24, 2.45) is 5.41 Å². The molecule has 1 unspecified atom stereocenters. The molecule has 40 heavy (non-hydrogen) atoms. The highest BCUT2D eigenvalue weighted by molar-refractivity contribution is 6.00. The van der Waals surface area contributed by atoms with Crippen molar-refractivity contribution in [3.8, 4) is 0 Å². The first-order valence-electron chi connectivity index (χ1n) is 14.3. The molecule has 1 aliphatic heterocycles. The van der Waals surface area contributed by atoms with Gasteiger partial charge in [-0.1, -0.05) is 95.3 Å². The molecule has 0 saturated carbocycles. The van der Waals surface area contributed by atoms with Crippen LogP contribution in [0.25, 0.3) is 0 Å². The summed E-state index contributed by atoms with van der Waals surface area (Å²) in [6, 6.07) is 8.78. The van der Waals surface area contributed by atoms with Crippen LogP contribution in [0.4, 0.5) is 4.39 Å². The minimum atomic E-state index is -0.311. The highest BCUT2D eigenvalue weighted by atomic mass is 19.1. The Hall–Kier alpha value is -3.66. The number of allylic oxidation sites excluding steroid dienone is 14. The molecule has 1 heterocycles. The van der Waals surface area contributed by atoms with Crippen molar-refractivity contribution in [3.63, 3.8) is 0 Å². The van der Waals surface area contributed by atoms with Crippen LogP contribution in [0.15, 0.2) is 119 Å². The van der Waals surface area contributed by atoms with Crippen LogP contribution >= 0.6 is 0 Å². The molecule has 0 spiro atoms. The number of benzene rings is 1. The quantitative estimate of drug-likeness (QED) is 0.341. The second-order valence-electron chi connectivity index (χ2n) is 12.7. The van der Waals surface area contributed by atoms with E-state index in [1.165, 1.54) is 23.3 Å². The van der Waals surface area contributed by atoms with Crippen molar-refractivity contribution >= 4 is 5.78 Å². The summed E-state index contributed by atoms with van der Waals surface area (Å²) in [6.07, 6.45) is 21.5. The number of Topliss-reactive ketones (excluding diaryl/α,β-unsaturated/α-hetero) is 1. The Morgan fingerprint density at radius 1 is 1.15 bits per heavy atom. The van der Waals surface area contributed by atoms with E-state index >= 15 is 0 Å². The predicted molar refractivity (Wildman–Crippen MR) is 165 cm³/mol. The maximum absolute atomic E-state index is 13.9. The number of hydrogen-bond donors (Lipinski definition) is 2. The largest absolute Gasteiger partial charge is 0.348 e. The molecule has 3 aliphatic rings. The van der Waals surface area contributed by atoms with Gasteiger partial charge in [-0.05, 0) is 77.5 Å². The third-order valence-corrected chi connectivity index (χ3v) is 7.64. The summed E-state index contributed by atoms with van der Waals surface area (Å²) in [5.41, 5.74) is 6.45. The van der Waals surface area contributed by atoms with Gasteiger partial charge in [-0.2, -0.15) is 0 Å². The SMILES string of the molecule is C\C=C/C(F)=C\C=C\NC1=C(CC2=CCC=CC=C2)C(c2ccc(C(C)(C)C)cc2)C2=C(CC(C)(C)CC2=O)N1. The fourth-order valence-electron chi connectivity index (χ4n) is 5.65. The number of dihydropyridines is 1. The van der Waals surface area contributed by atoms with Crippen molar-refractivity contribution < 1.29 is 9.18 Å². The maximum atomic E-state index is 13.9. The molecule has 4 rings (SSSR count). The molecular weight excluding hydrogens is 495 g/mol. The summed E-state index contributed by atoms with van der Waals surface area (Å²) in [7, 11) is 0. The van der Waals surface area contributed by atoms with Crippen molar-refractivity contribution in [3.05, 3.63) is 130 Å². The van der Waals surface area contributed by atoms with Gasteiger partial charge in [0, 0.05) is 29.8 Å². The van der Waals surface area contributed by atoms with Crippen molar-refractivity contribution in [1.82, 2.24) is 10.6 Å². The van der Waals surface area contributed by atoms with Gasteiger partial charge in [-0.15, -0.1) is 0 Å². The first-order valence-corrected chi connectivity index (χ1v) is 14.3. The minimum Gasteiger partial charge on any atom is -0.348 e. The lowest BCUT2D eigenvalue weighted by molar-refractivity contribution is -0.118. The van der Waals surface area contributed by atoms with Crippen molar-refractivity contribution in [2.75, 3.05) is 0 Å². The molecule has 1 aromatic carbocycles. The molecule has 0 radical (unpaired) electrons. The van der Waals surface area contributed by atoms with E-state index in [1.54, 1.807) is 25.3 Å². The number of hydrogen-bond acceptors (Lipinski definition) is 3. The van der Waals surface area contributed by atoms with Gasteiger partial charge in [0.25, 0.3) is 0 Å². The molecule has 0 fully saturated rings. The number of ketones is 1. The monoisotopic (exact) mass is 538 g/mol. The highest BCUT2D eigenvalue weighted by Gasteiger charge is 2.41. The Bertz CT molecular complexity index is 1370. The number of rotatable bonds is 7. The Balaban J connectivity index is 1.84. The topological polar surface area (TPSA) is 41.1 Å². The molecular formula is C36H43FN2O. The average molecular weight is 539 g/mol. The van der Waals surface area contributed by atoms with E-state index in [-0.39, 0.29) is 28.4 Å². The van der Waals surface area contributed by atoms with E-state index in [4.69, 9.17) is 0 Å². The zero-order valence-corrected chi connectivity index (χ0v) is 24.8. The van der Waals surface area contributed by atoms with Crippen molar-refractivity contribution in [1.29, 1.82) is 0 Å². The molecule has 2 aliphatic carbocycles. The van der Waals surface area contributed by atoms with Gasteiger partial charge in [-0.3, -0.25) is 4.79 Å². The maximum Gasteiger partial charge on any atom is 0.162 e. The third kappa shape index (κ3) is 7.10. The summed E-state index contributed by atoms with van der Waals surface area (Å²) >= 11 is 0. The predicted octanol–water partition coefficient (Wildman–Crippen LogP) is 8.89. The van der Waals surface area contributed by atoms with E-state index < -0.39 is 0 Å². The van der Waals surface area contributed by atoms with Gasteiger partial charge in [0.1, 0.15) is 11.6 Å². The molecule has 3 nitrogen and oxygen atoms in total. The van der Waals surface area contributed by atoms with Crippen LogP contribution in [-0.4, -0.2) is 5.78 Å². The second kappa shape index (κ2) is 12.2. The fourth-order valence-corrected chi connectivity index (χ4v) is 5.65. The van der Waals surface area contributed by atoms with Gasteiger partial charge < -0.3 is 10.6 Å². The van der Waals surface area contributed by atoms with Gasteiger partial charge in [0.05, 0.1) is 0 Å². The number of carbonyl (C=O) groups excluding carboxylic acids is 1. The third-order valence-electron chi connectivity index (χ3n) is 7.64. The first kappa shape index (κ1) is 29.3. The Kier molecular flexibility index (Phi) is 8.98. The van der Waals surface area contributed by atoms with Crippen LogP contribution in [0.5, 0.6) is 0 Å². The zero-order chi connectivity index (χ0) is 28.9. The fraction of sp³-hybridized carbons (Fsp3) is 0.361. The summed E-state index contributed by atoms with van der Waals surface area (Å²) in [4.78, 5) is 13.8. The van der Waals surface area contributed by atoms with Gasteiger partial charge >= 0.3 is 0 Å². The van der Waals surface area contributed by atoms with E-state index in [0.717, 1.165) is 41.1 Å². The smallest absolute Gasteiger partial charge is 0.162 e. The summed E-state index contributed by atoms with van der Waals surface area (Å²) in [6.45, 7) is 12.7. The standard InChI is InChI=1S/C36H43FN2O/c1-7-13-28(37)16-12-21-38-34-29(22-25-14-10-8-9-11-15-25)32(26-17-19-27(20-18-26)35(2,3)4)33-30(39-34)23-36(5,6)24-31(33)40/h7-10,12-21,32,38-39H,11,22-24H2,1-6H3/b13-7-,21-12+,28-16+. The zero-order valence-electron chi connectivity index (χ0n) is 24.8. The lowest BCUT2D eigenvalue weighted by Crippen LogP contribution is -2.40. The molecule has 1 aromatic rings. The molecule has 0 bridgehead atoms. The van der Waals surface area contributed by atoms with Crippen LogP contribution in [-0.2, 0) is 10.2 Å². The van der Waals surface area contributed by atoms with Gasteiger partial charge in [0.2, 0.25) is 0 Å². The first-order chi connectivity index (χ1) is 19.0. The lowest BCUT2D eigenvalue weighted by atomic mass is 9.68. The van der Waals surface area contributed by atoms with E-state index in [0.29, 0.717) is 12.8 Å². The Morgan fingerprint density at radius 3 is 2.60 bits per heavy atom. The van der Waals surface area contributed by atoms with Crippen LogP contribution < -0.4 is 10.6 Å². The summed E-state index contributed by atoms with van der Waals surface area (Å²) in [5.74, 6) is 0.579. The van der Waals surface area contributed by atoms with Crippen molar-refractivity contribution in [2.45, 2.75) is 78.6 Å². The molecule has 2 N–H and O–H groups in total. The summed E-state index contributed by atoms with van der Waals surface area (Å²) < 4.78 is 13.9. The number of carbonyl (C=O) groups is 1. The van der Waals surface area contributed by atoms with Crippen LogP contribution in [0.1, 0.15) is 84.3 Å². The number of halogens is 1. The highest BCUT2D eigenvalue weighted by Crippen LogP contribution is 2.48. The van der Waals surface area contributed by atoms with Crippen LogP contribution in [0, 0.1) is 5.41 Å².